The summed E-state index contributed by atoms with van der Waals surface area (Å²) in [6.07, 6.45) is 1.30. The third kappa shape index (κ3) is 2.32. The molecule has 0 unspecified atom stereocenters. The van der Waals surface area contributed by atoms with Gasteiger partial charge in [0.05, 0.1) is 12.8 Å². The molecule has 0 aliphatic heterocycles. The van der Waals surface area contributed by atoms with Crippen molar-refractivity contribution in [3.63, 3.8) is 0 Å². The van der Waals surface area contributed by atoms with Crippen molar-refractivity contribution in [2.24, 2.45) is 0 Å². The number of rotatable bonds is 3. The first-order valence-electron chi connectivity index (χ1n) is 5.29. The second-order valence-corrected chi connectivity index (χ2v) is 3.75. The summed E-state index contributed by atoms with van der Waals surface area (Å²) in [5.74, 6) is 0.185. The maximum atomic E-state index is 13.6. The highest BCUT2D eigenvalue weighted by atomic mass is 19.1. The van der Waals surface area contributed by atoms with Crippen LogP contribution in [0, 0.1) is 12.7 Å². The Kier molecular flexibility index (Phi) is 3.27. The molecule has 1 aromatic heterocycles. The number of hydrogen-bond acceptors (Lipinski definition) is 5. The third-order valence-corrected chi connectivity index (χ3v) is 2.42. The molecule has 0 spiro atoms. The normalized spacial score (nSPS) is 10.2. The predicted molar refractivity (Wildman–Crippen MR) is 67.4 cm³/mol. The van der Waals surface area contributed by atoms with Crippen LogP contribution in [-0.4, -0.2) is 17.1 Å². The van der Waals surface area contributed by atoms with Crippen LogP contribution in [-0.2, 0) is 0 Å². The van der Waals surface area contributed by atoms with E-state index in [2.05, 4.69) is 15.3 Å². The molecule has 0 atom stereocenters. The fraction of sp³-hybridized carbons (Fsp3) is 0.167. The maximum Gasteiger partial charge on any atom is 0.242 e. The average Bonchev–Trinajstić information content (AvgIpc) is 2.36. The van der Waals surface area contributed by atoms with E-state index in [0.29, 0.717) is 11.5 Å². The molecule has 3 N–H and O–H groups in total. The monoisotopic (exact) mass is 248 g/mol. The van der Waals surface area contributed by atoms with Gasteiger partial charge in [-0.25, -0.2) is 9.37 Å². The highest BCUT2D eigenvalue weighted by Crippen LogP contribution is 2.28. The number of aryl methyl sites for hydroxylation is 1. The zero-order valence-corrected chi connectivity index (χ0v) is 10.1. The Balaban J connectivity index is 2.37. The molecule has 0 saturated carbocycles. The van der Waals surface area contributed by atoms with Gasteiger partial charge in [-0.05, 0) is 24.6 Å². The van der Waals surface area contributed by atoms with Crippen LogP contribution in [0.25, 0.3) is 0 Å². The number of benzene rings is 1. The molecule has 5 nitrogen and oxygen atoms in total. The number of hydrogen-bond donors (Lipinski definition) is 2. The van der Waals surface area contributed by atoms with Crippen LogP contribution in [0.3, 0.4) is 0 Å². The van der Waals surface area contributed by atoms with Gasteiger partial charge in [-0.1, -0.05) is 6.07 Å². The molecular weight excluding hydrogens is 235 g/mol. The van der Waals surface area contributed by atoms with Crippen molar-refractivity contribution in [1.29, 1.82) is 0 Å². The lowest BCUT2D eigenvalue weighted by Crippen LogP contribution is -2.04. The van der Waals surface area contributed by atoms with Crippen molar-refractivity contribution >= 4 is 17.2 Å². The smallest absolute Gasteiger partial charge is 0.242 e. The summed E-state index contributed by atoms with van der Waals surface area (Å²) in [7, 11) is 1.45. The van der Waals surface area contributed by atoms with Gasteiger partial charge >= 0.3 is 0 Å². The molecule has 2 aromatic rings. The molecule has 2 rings (SSSR count). The summed E-state index contributed by atoms with van der Waals surface area (Å²) < 4.78 is 18.6. The molecule has 1 heterocycles. The van der Waals surface area contributed by atoms with Gasteiger partial charge < -0.3 is 15.8 Å². The van der Waals surface area contributed by atoms with Crippen LogP contribution in [0.5, 0.6) is 5.88 Å². The molecule has 0 aliphatic carbocycles. The summed E-state index contributed by atoms with van der Waals surface area (Å²) in [6, 6.07) is 4.74. The number of nitrogen functional groups attached to an aromatic ring is 1. The Morgan fingerprint density at radius 2 is 2.11 bits per heavy atom. The van der Waals surface area contributed by atoms with Crippen LogP contribution >= 0.6 is 0 Å². The molecule has 0 bridgehead atoms. The third-order valence-electron chi connectivity index (χ3n) is 2.42. The summed E-state index contributed by atoms with van der Waals surface area (Å²) in [5, 5.41) is 2.82. The van der Waals surface area contributed by atoms with Crippen molar-refractivity contribution in [2.45, 2.75) is 6.92 Å². The second kappa shape index (κ2) is 4.87. The Labute approximate surface area is 104 Å². The number of aromatic nitrogens is 2. The molecule has 0 radical (unpaired) electrons. The van der Waals surface area contributed by atoms with Gasteiger partial charge in [0.2, 0.25) is 5.88 Å². The summed E-state index contributed by atoms with van der Waals surface area (Å²) in [6.45, 7) is 1.87. The predicted octanol–water partition coefficient (Wildman–Crippen LogP) is 2.26. The largest absolute Gasteiger partial charge is 0.479 e. The number of nitrogens with zero attached hydrogens (tertiary/aromatic N) is 2. The molecule has 94 valence electrons. The quantitative estimate of drug-likeness (QED) is 0.871. The zero-order valence-electron chi connectivity index (χ0n) is 10.1. The highest BCUT2D eigenvalue weighted by Gasteiger charge is 2.10. The van der Waals surface area contributed by atoms with Gasteiger partial charge in [-0.3, -0.25) is 0 Å². The van der Waals surface area contributed by atoms with Gasteiger partial charge in [0.15, 0.2) is 5.82 Å². The zero-order chi connectivity index (χ0) is 13.1. The minimum atomic E-state index is -0.377. The minimum Gasteiger partial charge on any atom is -0.479 e. The first-order chi connectivity index (χ1) is 8.61. The number of nitrogens with two attached hydrogens (primary N) is 1. The fourth-order valence-corrected chi connectivity index (χ4v) is 1.50. The minimum absolute atomic E-state index is 0.237. The number of ether oxygens (including phenoxy) is 1. The number of methoxy groups -OCH3 is 1. The van der Waals surface area contributed by atoms with Gasteiger partial charge in [0, 0.05) is 0 Å². The molecule has 0 fully saturated rings. The summed E-state index contributed by atoms with van der Waals surface area (Å²) >= 11 is 0. The van der Waals surface area contributed by atoms with Gasteiger partial charge in [0.25, 0.3) is 0 Å². The SMILES string of the molecule is COc1ncnc(Nc2cc(C)ccc2F)c1N. The number of anilines is 3. The van der Waals surface area contributed by atoms with Crippen LogP contribution in [0.2, 0.25) is 0 Å². The van der Waals surface area contributed by atoms with E-state index in [0.717, 1.165) is 5.56 Å². The molecule has 1 aromatic carbocycles. The Morgan fingerprint density at radius 1 is 1.33 bits per heavy atom. The van der Waals surface area contributed by atoms with Crippen molar-refractivity contribution in [1.82, 2.24) is 9.97 Å². The summed E-state index contributed by atoms with van der Waals surface area (Å²) in [5.41, 5.74) is 7.27. The second-order valence-electron chi connectivity index (χ2n) is 3.75. The molecule has 0 amide bonds. The lowest BCUT2D eigenvalue weighted by molar-refractivity contribution is 0.399. The van der Waals surface area contributed by atoms with Crippen molar-refractivity contribution in [3.05, 3.63) is 35.9 Å². The maximum absolute atomic E-state index is 13.6. The van der Waals surface area contributed by atoms with Crippen molar-refractivity contribution < 1.29 is 9.13 Å². The fourth-order valence-electron chi connectivity index (χ4n) is 1.50. The lowest BCUT2D eigenvalue weighted by Gasteiger charge is -2.11. The molecular formula is C12H13FN4O. The molecule has 0 saturated heterocycles. The van der Waals surface area contributed by atoms with E-state index in [1.807, 2.05) is 6.92 Å². The summed E-state index contributed by atoms with van der Waals surface area (Å²) in [4.78, 5) is 7.81. The van der Waals surface area contributed by atoms with Gasteiger partial charge in [0.1, 0.15) is 17.8 Å². The highest BCUT2D eigenvalue weighted by molar-refractivity contribution is 5.72. The Hall–Kier alpha value is -2.37. The average molecular weight is 248 g/mol. The van der Waals surface area contributed by atoms with E-state index < -0.39 is 0 Å². The van der Waals surface area contributed by atoms with Crippen LogP contribution in [0.15, 0.2) is 24.5 Å². The van der Waals surface area contributed by atoms with Crippen molar-refractivity contribution in [3.8, 4) is 5.88 Å². The van der Waals surface area contributed by atoms with E-state index in [4.69, 9.17) is 10.5 Å². The number of halogens is 1. The molecule has 18 heavy (non-hydrogen) atoms. The first kappa shape index (κ1) is 12.1. The van der Waals surface area contributed by atoms with Crippen molar-refractivity contribution in [2.75, 3.05) is 18.2 Å². The molecule has 0 aliphatic rings. The lowest BCUT2D eigenvalue weighted by atomic mass is 10.2. The van der Waals surface area contributed by atoms with E-state index in [9.17, 15) is 4.39 Å². The molecule has 6 heteroatoms. The Bertz CT molecular complexity index is 574. The first-order valence-corrected chi connectivity index (χ1v) is 5.29. The van der Waals surface area contributed by atoms with Gasteiger partial charge in [-0.2, -0.15) is 4.98 Å². The van der Waals surface area contributed by atoms with E-state index in [-0.39, 0.29) is 17.4 Å². The van der Waals surface area contributed by atoms with Crippen LogP contribution in [0.4, 0.5) is 21.6 Å². The van der Waals surface area contributed by atoms with E-state index >= 15 is 0 Å². The standard InChI is InChI=1S/C12H13FN4O/c1-7-3-4-8(13)9(5-7)17-11-10(14)12(18-2)16-6-15-11/h3-6H,14H2,1-2H3,(H,15,16,17). The van der Waals surface area contributed by atoms with Gasteiger partial charge in [-0.15, -0.1) is 0 Å². The van der Waals surface area contributed by atoms with E-state index in [1.165, 1.54) is 19.5 Å². The Morgan fingerprint density at radius 3 is 2.83 bits per heavy atom. The van der Waals surface area contributed by atoms with Crippen LogP contribution < -0.4 is 15.8 Å². The van der Waals surface area contributed by atoms with E-state index in [1.54, 1.807) is 12.1 Å². The number of nitrogens with one attached hydrogen (secondary N) is 1. The van der Waals surface area contributed by atoms with Crippen LogP contribution in [0.1, 0.15) is 5.56 Å². The topological polar surface area (TPSA) is 73.1 Å².